The van der Waals surface area contributed by atoms with Gasteiger partial charge in [-0.2, -0.15) is 0 Å². The van der Waals surface area contributed by atoms with E-state index in [2.05, 4.69) is 6.92 Å². The van der Waals surface area contributed by atoms with Crippen molar-refractivity contribution in [3.05, 3.63) is 0 Å². The number of esters is 1. The fourth-order valence-electron chi connectivity index (χ4n) is 2.62. The molecule has 2 rings (SSSR count). The zero-order chi connectivity index (χ0) is 13.4. The molecule has 1 spiro atoms. The third-order valence-electron chi connectivity index (χ3n) is 3.76. The zero-order valence-electron chi connectivity index (χ0n) is 11.8. The number of carbonyl (C=O) groups excluding carboxylic acids is 1. The van der Waals surface area contributed by atoms with Crippen LogP contribution in [0.25, 0.3) is 0 Å². The van der Waals surface area contributed by atoms with E-state index < -0.39 is 11.2 Å². The van der Waals surface area contributed by atoms with Crippen molar-refractivity contribution in [3.8, 4) is 0 Å². The molecule has 0 unspecified atom stereocenters. The first-order valence-electron chi connectivity index (χ1n) is 6.81. The van der Waals surface area contributed by atoms with Gasteiger partial charge in [0.2, 0.25) is 0 Å². The van der Waals surface area contributed by atoms with Gasteiger partial charge in [0.05, 0.1) is 18.6 Å². The van der Waals surface area contributed by atoms with Gasteiger partial charge in [-0.25, -0.2) is 0 Å². The topological polar surface area (TPSA) is 44.8 Å². The maximum atomic E-state index is 11.9. The van der Waals surface area contributed by atoms with E-state index in [4.69, 9.17) is 14.2 Å². The van der Waals surface area contributed by atoms with Crippen LogP contribution >= 0.6 is 0 Å². The van der Waals surface area contributed by atoms with Gasteiger partial charge in [0.1, 0.15) is 6.10 Å². The van der Waals surface area contributed by atoms with Crippen LogP contribution < -0.4 is 0 Å². The average molecular weight is 256 g/mol. The summed E-state index contributed by atoms with van der Waals surface area (Å²) in [6.45, 7) is 9.11. The first-order valence-corrected chi connectivity index (χ1v) is 6.81. The van der Waals surface area contributed by atoms with Crippen LogP contribution in [0.1, 0.15) is 47.0 Å². The largest absolute Gasteiger partial charge is 0.462 e. The van der Waals surface area contributed by atoms with Gasteiger partial charge < -0.3 is 14.2 Å². The fraction of sp³-hybridized carbons (Fsp3) is 0.929. The Kier molecular flexibility index (Phi) is 3.70. The van der Waals surface area contributed by atoms with E-state index in [0.717, 1.165) is 19.3 Å². The molecule has 0 aromatic carbocycles. The third-order valence-corrected chi connectivity index (χ3v) is 3.76. The van der Waals surface area contributed by atoms with Crippen LogP contribution in [0.3, 0.4) is 0 Å². The molecule has 2 aliphatic rings. The van der Waals surface area contributed by atoms with Crippen molar-refractivity contribution >= 4 is 5.97 Å². The Morgan fingerprint density at radius 1 is 1.28 bits per heavy atom. The smallest absolute Gasteiger partial charge is 0.311 e. The van der Waals surface area contributed by atoms with Crippen molar-refractivity contribution in [1.82, 2.24) is 0 Å². The molecule has 1 saturated heterocycles. The van der Waals surface area contributed by atoms with Crippen molar-refractivity contribution in [2.45, 2.75) is 58.8 Å². The van der Waals surface area contributed by atoms with Gasteiger partial charge in [0, 0.05) is 12.8 Å². The molecule has 0 bridgehead atoms. The SMILES string of the molecule is C[C@H]1CC2(CC[C@@H]1OC(=O)C(C)(C)C)OCCO2. The molecular formula is C14H24O4. The van der Waals surface area contributed by atoms with E-state index in [1.54, 1.807) is 0 Å². The second kappa shape index (κ2) is 4.82. The van der Waals surface area contributed by atoms with E-state index >= 15 is 0 Å². The molecule has 104 valence electrons. The predicted octanol–water partition coefficient (Wildman–Crippen LogP) is 2.51. The first kappa shape index (κ1) is 13.8. The highest BCUT2D eigenvalue weighted by Crippen LogP contribution is 2.40. The van der Waals surface area contributed by atoms with Gasteiger partial charge in [0.25, 0.3) is 0 Å². The zero-order valence-corrected chi connectivity index (χ0v) is 11.8. The summed E-state index contributed by atoms with van der Waals surface area (Å²) in [6, 6.07) is 0. The fourth-order valence-corrected chi connectivity index (χ4v) is 2.62. The quantitative estimate of drug-likeness (QED) is 0.676. The summed E-state index contributed by atoms with van der Waals surface area (Å²) in [6.07, 6.45) is 2.45. The lowest BCUT2D eigenvalue weighted by Gasteiger charge is -2.39. The molecule has 0 aromatic rings. The van der Waals surface area contributed by atoms with Crippen LogP contribution in [0.15, 0.2) is 0 Å². The van der Waals surface area contributed by atoms with E-state index in [-0.39, 0.29) is 18.0 Å². The van der Waals surface area contributed by atoms with E-state index in [1.807, 2.05) is 20.8 Å². The van der Waals surface area contributed by atoms with Gasteiger partial charge in [-0.15, -0.1) is 0 Å². The van der Waals surface area contributed by atoms with Crippen molar-refractivity contribution in [1.29, 1.82) is 0 Å². The van der Waals surface area contributed by atoms with Gasteiger partial charge in [-0.1, -0.05) is 6.92 Å². The summed E-state index contributed by atoms with van der Waals surface area (Å²) in [7, 11) is 0. The lowest BCUT2D eigenvalue weighted by atomic mass is 9.83. The Morgan fingerprint density at radius 2 is 1.89 bits per heavy atom. The molecular weight excluding hydrogens is 232 g/mol. The van der Waals surface area contributed by atoms with Crippen molar-refractivity contribution in [2.24, 2.45) is 11.3 Å². The summed E-state index contributed by atoms with van der Waals surface area (Å²) in [5.74, 6) is -0.240. The summed E-state index contributed by atoms with van der Waals surface area (Å²) < 4.78 is 17.0. The normalized spacial score (nSPS) is 31.6. The summed E-state index contributed by atoms with van der Waals surface area (Å²) in [5, 5.41) is 0. The maximum absolute atomic E-state index is 11.9. The Balaban J connectivity index is 1.92. The minimum Gasteiger partial charge on any atom is -0.462 e. The molecule has 1 aliphatic heterocycles. The molecule has 0 amide bonds. The minimum atomic E-state index is -0.435. The molecule has 0 radical (unpaired) electrons. The molecule has 2 fully saturated rings. The summed E-state index contributed by atoms with van der Waals surface area (Å²) in [4.78, 5) is 11.9. The van der Waals surface area contributed by atoms with Gasteiger partial charge in [-0.3, -0.25) is 4.79 Å². The van der Waals surface area contributed by atoms with Crippen molar-refractivity contribution in [2.75, 3.05) is 13.2 Å². The molecule has 4 heteroatoms. The highest BCUT2D eigenvalue weighted by Gasteiger charge is 2.45. The highest BCUT2D eigenvalue weighted by molar-refractivity contribution is 5.75. The van der Waals surface area contributed by atoms with Gasteiger partial charge >= 0.3 is 5.97 Å². The molecule has 2 atom stereocenters. The van der Waals surface area contributed by atoms with Gasteiger partial charge in [0.15, 0.2) is 5.79 Å². The third kappa shape index (κ3) is 2.86. The standard InChI is InChI=1S/C14H24O4/c1-10-9-14(16-7-8-17-14)6-5-11(10)18-12(15)13(2,3)4/h10-11H,5-9H2,1-4H3/t10-,11-/m0/s1. The molecule has 0 aromatic heterocycles. The molecule has 1 heterocycles. The molecule has 18 heavy (non-hydrogen) atoms. The number of carbonyl (C=O) groups is 1. The van der Waals surface area contributed by atoms with Crippen LogP contribution in [0, 0.1) is 11.3 Å². The second-order valence-corrected chi connectivity index (χ2v) is 6.52. The number of hydrogen-bond donors (Lipinski definition) is 0. The summed E-state index contributed by atoms with van der Waals surface area (Å²) in [5.41, 5.74) is -0.435. The van der Waals surface area contributed by atoms with E-state index in [0.29, 0.717) is 13.2 Å². The predicted molar refractivity (Wildman–Crippen MR) is 67.0 cm³/mol. The molecule has 0 N–H and O–H groups in total. The van der Waals surface area contributed by atoms with Crippen molar-refractivity contribution in [3.63, 3.8) is 0 Å². The molecule has 1 saturated carbocycles. The molecule has 1 aliphatic carbocycles. The van der Waals surface area contributed by atoms with Crippen LogP contribution in [0.4, 0.5) is 0 Å². The highest BCUT2D eigenvalue weighted by atomic mass is 16.7. The maximum Gasteiger partial charge on any atom is 0.311 e. The van der Waals surface area contributed by atoms with Crippen LogP contribution in [-0.2, 0) is 19.0 Å². The lowest BCUT2D eigenvalue weighted by Crippen LogP contribution is -2.44. The average Bonchev–Trinajstić information content (AvgIpc) is 2.69. The second-order valence-electron chi connectivity index (χ2n) is 6.52. The number of ether oxygens (including phenoxy) is 3. The Bertz CT molecular complexity index is 312. The van der Waals surface area contributed by atoms with Gasteiger partial charge in [-0.05, 0) is 33.1 Å². The Hall–Kier alpha value is -0.610. The van der Waals surface area contributed by atoms with Crippen LogP contribution in [-0.4, -0.2) is 31.1 Å². The lowest BCUT2D eigenvalue weighted by molar-refractivity contribution is -0.209. The minimum absolute atomic E-state index is 0.00449. The van der Waals surface area contributed by atoms with Crippen LogP contribution in [0.5, 0.6) is 0 Å². The first-order chi connectivity index (χ1) is 8.32. The Labute approximate surface area is 109 Å². The summed E-state index contributed by atoms with van der Waals surface area (Å²) >= 11 is 0. The molecule has 4 nitrogen and oxygen atoms in total. The number of rotatable bonds is 1. The van der Waals surface area contributed by atoms with Crippen molar-refractivity contribution < 1.29 is 19.0 Å². The van der Waals surface area contributed by atoms with Crippen LogP contribution in [0.2, 0.25) is 0 Å². The van der Waals surface area contributed by atoms with E-state index in [1.165, 1.54) is 0 Å². The monoisotopic (exact) mass is 256 g/mol. The Morgan fingerprint density at radius 3 is 2.39 bits per heavy atom. The van der Waals surface area contributed by atoms with E-state index in [9.17, 15) is 4.79 Å². The number of hydrogen-bond acceptors (Lipinski definition) is 4.